The molecule has 0 heterocycles. The van der Waals surface area contributed by atoms with Crippen LogP contribution in [0.4, 0.5) is 0 Å². The van der Waals surface area contributed by atoms with Gasteiger partial charge < -0.3 is 15.2 Å². The quantitative estimate of drug-likeness (QED) is 0.877. The molecule has 1 aromatic rings. The predicted octanol–water partition coefficient (Wildman–Crippen LogP) is 2.89. The van der Waals surface area contributed by atoms with E-state index in [1.165, 1.54) is 0 Å². The Morgan fingerprint density at radius 2 is 1.83 bits per heavy atom. The Morgan fingerprint density at radius 3 is 2.33 bits per heavy atom. The summed E-state index contributed by atoms with van der Waals surface area (Å²) in [4.78, 5) is 0. The number of β-amino-alcohol motifs (C(OH)–C–C–N with tert-alkyl or cyclic N) is 1. The Balaban J connectivity index is 0.00000289. The summed E-state index contributed by atoms with van der Waals surface area (Å²) in [6, 6.07) is 7.09. The molecule has 0 fully saturated rings. The molecule has 1 atom stereocenters. The van der Waals surface area contributed by atoms with Crippen molar-refractivity contribution in [1.82, 2.24) is 5.32 Å². The van der Waals surface area contributed by atoms with Gasteiger partial charge in [-0.2, -0.15) is 0 Å². The number of ether oxygens (including phenoxy) is 1. The summed E-state index contributed by atoms with van der Waals surface area (Å²) in [6.45, 7) is 6.95. The molecule has 0 bridgehead atoms. The topological polar surface area (TPSA) is 41.5 Å². The normalized spacial score (nSPS) is 12.7. The zero-order valence-corrected chi connectivity index (χ0v) is 12.5. The third kappa shape index (κ3) is 7.77. The van der Waals surface area contributed by atoms with E-state index in [1.807, 2.05) is 0 Å². The molecule has 5 heteroatoms. The van der Waals surface area contributed by atoms with E-state index in [0.29, 0.717) is 17.3 Å². The van der Waals surface area contributed by atoms with Gasteiger partial charge in [-0.25, -0.2) is 0 Å². The zero-order chi connectivity index (χ0) is 12.9. The second-order valence-corrected chi connectivity index (χ2v) is 5.49. The first-order valence-corrected chi connectivity index (χ1v) is 6.06. The van der Waals surface area contributed by atoms with E-state index in [1.54, 1.807) is 24.3 Å². The molecular formula is C13H21Cl2NO2. The van der Waals surface area contributed by atoms with Crippen LogP contribution in [0.15, 0.2) is 24.3 Å². The molecule has 1 aromatic carbocycles. The van der Waals surface area contributed by atoms with Crippen molar-refractivity contribution >= 4 is 24.0 Å². The standard InChI is InChI=1S/C13H20ClNO2.ClH/c1-13(2,3)15-8-11(16)9-17-12-6-4-10(14)5-7-12;/h4-7,11,15-16H,8-9H2,1-3H3;1H. The van der Waals surface area contributed by atoms with E-state index in [9.17, 15) is 5.11 Å². The predicted molar refractivity (Wildman–Crippen MR) is 78.0 cm³/mol. The largest absolute Gasteiger partial charge is 0.491 e. The molecule has 18 heavy (non-hydrogen) atoms. The van der Waals surface area contributed by atoms with Crippen LogP contribution in [-0.2, 0) is 0 Å². The maximum absolute atomic E-state index is 9.71. The first kappa shape index (κ1) is 17.5. The lowest BCUT2D eigenvalue weighted by Gasteiger charge is -2.22. The van der Waals surface area contributed by atoms with Gasteiger partial charge in [0.2, 0.25) is 0 Å². The minimum absolute atomic E-state index is 0. The second kappa shape index (κ2) is 7.85. The van der Waals surface area contributed by atoms with Gasteiger partial charge in [0, 0.05) is 17.1 Å². The average Bonchev–Trinajstić information content (AvgIpc) is 2.25. The molecule has 0 aliphatic carbocycles. The fourth-order valence-corrected chi connectivity index (χ4v) is 1.33. The van der Waals surface area contributed by atoms with Crippen LogP contribution in [0, 0.1) is 0 Å². The number of hydrogen-bond acceptors (Lipinski definition) is 3. The number of halogens is 2. The Kier molecular flexibility index (Phi) is 7.64. The van der Waals surface area contributed by atoms with Gasteiger partial charge >= 0.3 is 0 Å². The number of aliphatic hydroxyl groups excluding tert-OH is 1. The van der Waals surface area contributed by atoms with Crippen molar-refractivity contribution in [3.63, 3.8) is 0 Å². The summed E-state index contributed by atoms with van der Waals surface area (Å²) in [6.07, 6.45) is -0.523. The van der Waals surface area contributed by atoms with Gasteiger partial charge in [-0.3, -0.25) is 0 Å². The van der Waals surface area contributed by atoms with E-state index in [0.717, 1.165) is 0 Å². The summed E-state index contributed by atoms with van der Waals surface area (Å²) >= 11 is 5.76. The maximum Gasteiger partial charge on any atom is 0.119 e. The van der Waals surface area contributed by atoms with Crippen LogP contribution in [0.1, 0.15) is 20.8 Å². The highest BCUT2D eigenvalue weighted by Crippen LogP contribution is 2.15. The van der Waals surface area contributed by atoms with Crippen molar-refractivity contribution in [3.05, 3.63) is 29.3 Å². The van der Waals surface area contributed by atoms with Crippen LogP contribution in [0.25, 0.3) is 0 Å². The molecule has 104 valence electrons. The summed E-state index contributed by atoms with van der Waals surface area (Å²) in [5.41, 5.74) is 0.00124. The Bertz CT molecular complexity index is 336. The van der Waals surface area contributed by atoms with Crippen molar-refractivity contribution in [2.75, 3.05) is 13.2 Å². The van der Waals surface area contributed by atoms with Crippen molar-refractivity contribution in [1.29, 1.82) is 0 Å². The van der Waals surface area contributed by atoms with E-state index in [2.05, 4.69) is 26.1 Å². The SMILES string of the molecule is CC(C)(C)NCC(O)COc1ccc(Cl)cc1.Cl. The highest BCUT2D eigenvalue weighted by atomic mass is 35.5. The molecule has 2 N–H and O–H groups in total. The fraction of sp³-hybridized carbons (Fsp3) is 0.538. The van der Waals surface area contributed by atoms with Crippen LogP contribution in [0.2, 0.25) is 5.02 Å². The first-order chi connectivity index (χ1) is 7.87. The highest BCUT2D eigenvalue weighted by Gasteiger charge is 2.12. The van der Waals surface area contributed by atoms with Gasteiger partial charge in [-0.1, -0.05) is 11.6 Å². The molecule has 0 amide bonds. The average molecular weight is 294 g/mol. The molecule has 1 rings (SSSR count). The molecule has 0 aliphatic heterocycles. The monoisotopic (exact) mass is 293 g/mol. The van der Waals surface area contributed by atoms with Gasteiger partial charge in [0.1, 0.15) is 18.5 Å². The number of benzene rings is 1. The molecule has 3 nitrogen and oxygen atoms in total. The summed E-state index contributed by atoms with van der Waals surface area (Å²) in [5.74, 6) is 0.712. The van der Waals surface area contributed by atoms with E-state index in [4.69, 9.17) is 16.3 Å². The lowest BCUT2D eigenvalue weighted by atomic mass is 10.1. The molecule has 0 spiro atoms. The Morgan fingerprint density at radius 1 is 1.28 bits per heavy atom. The molecule has 0 aliphatic rings. The Labute approximate surface area is 120 Å². The van der Waals surface area contributed by atoms with Gasteiger partial charge in [0.05, 0.1) is 0 Å². The van der Waals surface area contributed by atoms with E-state index < -0.39 is 6.10 Å². The lowest BCUT2D eigenvalue weighted by Crippen LogP contribution is -2.42. The number of rotatable bonds is 5. The van der Waals surface area contributed by atoms with Gasteiger partial charge in [0.15, 0.2) is 0 Å². The molecule has 0 saturated carbocycles. The molecule has 0 saturated heterocycles. The van der Waals surface area contributed by atoms with Crippen molar-refractivity contribution < 1.29 is 9.84 Å². The minimum Gasteiger partial charge on any atom is -0.491 e. The molecule has 0 aromatic heterocycles. The van der Waals surface area contributed by atoms with Crippen LogP contribution in [0.5, 0.6) is 5.75 Å². The van der Waals surface area contributed by atoms with Gasteiger partial charge in [0.25, 0.3) is 0 Å². The highest BCUT2D eigenvalue weighted by molar-refractivity contribution is 6.30. The van der Waals surface area contributed by atoms with Crippen molar-refractivity contribution in [3.8, 4) is 5.75 Å². The fourth-order valence-electron chi connectivity index (χ4n) is 1.21. The molecule has 1 unspecified atom stereocenters. The van der Waals surface area contributed by atoms with E-state index in [-0.39, 0.29) is 24.6 Å². The first-order valence-electron chi connectivity index (χ1n) is 5.68. The molecule has 0 radical (unpaired) electrons. The van der Waals surface area contributed by atoms with Gasteiger partial charge in [-0.15, -0.1) is 12.4 Å². The van der Waals surface area contributed by atoms with Crippen LogP contribution < -0.4 is 10.1 Å². The lowest BCUT2D eigenvalue weighted by molar-refractivity contribution is 0.100. The minimum atomic E-state index is -0.523. The van der Waals surface area contributed by atoms with Crippen LogP contribution in [-0.4, -0.2) is 29.9 Å². The third-order valence-corrected chi connectivity index (χ3v) is 2.38. The van der Waals surface area contributed by atoms with E-state index >= 15 is 0 Å². The van der Waals surface area contributed by atoms with Crippen molar-refractivity contribution in [2.45, 2.75) is 32.4 Å². The van der Waals surface area contributed by atoms with Crippen LogP contribution >= 0.6 is 24.0 Å². The zero-order valence-electron chi connectivity index (χ0n) is 10.9. The summed E-state index contributed by atoms with van der Waals surface area (Å²) < 4.78 is 5.44. The van der Waals surface area contributed by atoms with Gasteiger partial charge in [-0.05, 0) is 45.0 Å². The van der Waals surface area contributed by atoms with Crippen molar-refractivity contribution in [2.24, 2.45) is 0 Å². The number of nitrogens with one attached hydrogen (secondary N) is 1. The maximum atomic E-state index is 9.71. The third-order valence-electron chi connectivity index (χ3n) is 2.12. The smallest absolute Gasteiger partial charge is 0.119 e. The second-order valence-electron chi connectivity index (χ2n) is 5.05. The van der Waals surface area contributed by atoms with Crippen LogP contribution in [0.3, 0.4) is 0 Å². The number of aliphatic hydroxyl groups is 1. The molecular weight excluding hydrogens is 273 g/mol. The number of hydrogen-bond donors (Lipinski definition) is 2. The summed E-state index contributed by atoms with van der Waals surface area (Å²) in [5, 5.41) is 13.6. The Hall–Kier alpha value is -0.480. The summed E-state index contributed by atoms with van der Waals surface area (Å²) in [7, 11) is 0.